The molecule has 13 nitrogen and oxygen atoms in total. The summed E-state index contributed by atoms with van der Waals surface area (Å²) in [4.78, 5) is 46.7. The van der Waals surface area contributed by atoms with Gasteiger partial charge in [-0.3, -0.25) is 24.5 Å². The number of aliphatic hydroxyl groups is 1. The minimum absolute atomic E-state index is 0.118. The third kappa shape index (κ3) is 5.82. The van der Waals surface area contributed by atoms with Crippen molar-refractivity contribution in [1.82, 2.24) is 10.6 Å². The first kappa shape index (κ1) is 24.5. The van der Waals surface area contributed by atoms with E-state index < -0.39 is 59.5 Å². The van der Waals surface area contributed by atoms with Crippen LogP contribution < -0.4 is 16.0 Å². The highest BCUT2D eigenvalue weighted by molar-refractivity contribution is 5.97. The van der Waals surface area contributed by atoms with Gasteiger partial charge in [0.1, 0.15) is 36.5 Å². The van der Waals surface area contributed by atoms with Crippen molar-refractivity contribution in [1.29, 1.82) is 0 Å². The number of nitrogens with zero attached hydrogens (tertiary/aromatic N) is 1. The minimum atomic E-state index is -1.14. The number of non-ortho nitro benzene ring substituents is 1. The molecule has 0 radical (unpaired) electrons. The zero-order valence-electron chi connectivity index (χ0n) is 18.2. The van der Waals surface area contributed by atoms with Gasteiger partial charge in [0.25, 0.3) is 5.69 Å². The summed E-state index contributed by atoms with van der Waals surface area (Å²) in [6.45, 7) is 4.34. The lowest BCUT2D eigenvalue weighted by atomic mass is 9.98. The lowest BCUT2D eigenvalue weighted by Crippen LogP contribution is -2.62. The van der Waals surface area contributed by atoms with Crippen molar-refractivity contribution >= 4 is 29.1 Å². The van der Waals surface area contributed by atoms with E-state index in [1.54, 1.807) is 0 Å². The van der Waals surface area contributed by atoms with Gasteiger partial charge >= 0.3 is 0 Å². The monoisotopic (exact) mass is 466 g/mol. The number of aliphatic hydroxyl groups excluding tert-OH is 1. The summed E-state index contributed by atoms with van der Waals surface area (Å²) in [5.41, 5.74) is 0.210. The minimum Gasteiger partial charge on any atom is -0.388 e. The number of hydrogen-bond acceptors (Lipinski definition) is 9. The smallest absolute Gasteiger partial charge is 0.269 e. The standard InChI is InChI=1S/C20H26N4O9/c1-9(18(27)23-12-4-6-13(7-5-12)24(29)30)21-19(28)10(2)32-17-15(22-11(3)25)20-31-8-14(33-20)16(17)26/h4-7,9-10,14-17,20,26H,8H2,1-3H3,(H,21,28)(H,22,25)(H,23,27)/t9-,10+,14+,15+,16+,17-,20+/m0/s1. The second-order valence-corrected chi connectivity index (χ2v) is 7.86. The highest BCUT2D eigenvalue weighted by Gasteiger charge is 2.52. The maximum Gasteiger partial charge on any atom is 0.269 e. The molecular formula is C20H26N4O9. The number of hydrogen-bond donors (Lipinski definition) is 4. The van der Waals surface area contributed by atoms with Gasteiger partial charge in [-0.2, -0.15) is 0 Å². The number of nitro benzene ring substituents is 1. The van der Waals surface area contributed by atoms with Gasteiger partial charge in [0.15, 0.2) is 6.29 Å². The van der Waals surface area contributed by atoms with E-state index in [-0.39, 0.29) is 18.2 Å². The Hall–Kier alpha value is -3.13. The second kappa shape index (κ2) is 10.2. The molecule has 4 N–H and O–H groups in total. The number of benzene rings is 1. The Bertz CT molecular complexity index is 909. The molecule has 1 aromatic carbocycles. The average molecular weight is 466 g/mol. The first-order valence-corrected chi connectivity index (χ1v) is 10.3. The molecule has 0 aromatic heterocycles. The van der Waals surface area contributed by atoms with Crippen molar-refractivity contribution in [3.8, 4) is 0 Å². The molecule has 7 atom stereocenters. The van der Waals surface area contributed by atoms with Crippen LogP contribution in [-0.2, 0) is 28.6 Å². The van der Waals surface area contributed by atoms with Crippen LogP contribution in [0.4, 0.5) is 11.4 Å². The average Bonchev–Trinajstić information content (AvgIpc) is 3.21. The number of ether oxygens (including phenoxy) is 3. The Morgan fingerprint density at radius 2 is 1.88 bits per heavy atom. The predicted molar refractivity (Wildman–Crippen MR) is 112 cm³/mol. The van der Waals surface area contributed by atoms with Gasteiger partial charge in [0, 0.05) is 24.7 Å². The van der Waals surface area contributed by atoms with Crippen LogP contribution in [-0.4, -0.2) is 77.1 Å². The van der Waals surface area contributed by atoms with E-state index in [1.807, 2.05) is 0 Å². The first-order valence-electron chi connectivity index (χ1n) is 10.3. The van der Waals surface area contributed by atoms with Crippen LogP contribution in [0.15, 0.2) is 24.3 Å². The fraction of sp³-hybridized carbons (Fsp3) is 0.550. The number of rotatable bonds is 8. The van der Waals surface area contributed by atoms with Crippen LogP contribution in [0.5, 0.6) is 0 Å². The molecule has 3 amide bonds. The fourth-order valence-corrected chi connectivity index (χ4v) is 3.55. The number of fused-ring (bicyclic) bond motifs is 2. The molecule has 1 aromatic rings. The Morgan fingerprint density at radius 1 is 1.21 bits per heavy atom. The Balaban J connectivity index is 1.56. The predicted octanol–water partition coefficient (Wildman–Crippen LogP) is -0.568. The van der Waals surface area contributed by atoms with Crippen molar-refractivity contribution in [2.45, 2.75) is 63.6 Å². The molecule has 0 spiro atoms. The number of carbonyl (C=O) groups is 3. The topological polar surface area (TPSA) is 178 Å². The Labute approximate surface area is 188 Å². The van der Waals surface area contributed by atoms with Gasteiger partial charge in [-0.25, -0.2) is 0 Å². The first-order chi connectivity index (χ1) is 15.6. The van der Waals surface area contributed by atoms with E-state index in [0.717, 1.165) is 0 Å². The molecule has 13 heteroatoms. The summed E-state index contributed by atoms with van der Waals surface area (Å²) < 4.78 is 16.7. The highest BCUT2D eigenvalue weighted by atomic mass is 16.7. The molecule has 0 saturated carbocycles. The van der Waals surface area contributed by atoms with Crippen LogP contribution in [0, 0.1) is 10.1 Å². The normalized spacial score (nSPS) is 27.8. The van der Waals surface area contributed by atoms with E-state index in [1.165, 1.54) is 45.0 Å². The molecule has 0 aliphatic carbocycles. The van der Waals surface area contributed by atoms with E-state index in [2.05, 4.69) is 16.0 Å². The number of nitrogens with one attached hydrogen (secondary N) is 3. The summed E-state index contributed by atoms with van der Waals surface area (Å²) in [5, 5.41) is 28.9. The van der Waals surface area contributed by atoms with E-state index in [4.69, 9.17) is 14.2 Å². The molecule has 180 valence electrons. The molecular weight excluding hydrogens is 440 g/mol. The number of nitro groups is 1. The van der Waals surface area contributed by atoms with E-state index >= 15 is 0 Å². The maximum absolute atomic E-state index is 12.6. The summed E-state index contributed by atoms with van der Waals surface area (Å²) in [5.74, 6) is -1.54. The SMILES string of the molecule is CC(=O)N[C@H]1[C@@H]2OC[C@@H](O2)[C@@H](O)[C@H]1O[C@H](C)C(=O)N[C@@H](C)C(=O)Nc1ccc([N+](=O)[O-])cc1. The molecule has 2 bridgehead atoms. The molecule has 0 unspecified atom stereocenters. The van der Waals surface area contributed by atoms with Crippen molar-refractivity contribution < 1.29 is 38.6 Å². The van der Waals surface area contributed by atoms with Crippen LogP contribution in [0.3, 0.4) is 0 Å². The van der Waals surface area contributed by atoms with Crippen LogP contribution in [0.25, 0.3) is 0 Å². The summed E-state index contributed by atoms with van der Waals surface area (Å²) >= 11 is 0. The second-order valence-electron chi connectivity index (χ2n) is 7.86. The third-order valence-corrected chi connectivity index (χ3v) is 5.30. The van der Waals surface area contributed by atoms with Crippen molar-refractivity contribution in [3.63, 3.8) is 0 Å². The number of anilines is 1. The number of carbonyl (C=O) groups excluding carboxylic acids is 3. The lowest BCUT2D eigenvalue weighted by Gasteiger charge is -2.39. The fourth-order valence-electron chi connectivity index (χ4n) is 3.55. The highest BCUT2D eigenvalue weighted by Crippen LogP contribution is 2.30. The van der Waals surface area contributed by atoms with Gasteiger partial charge in [0.05, 0.1) is 11.5 Å². The summed E-state index contributed by atoms with van der Waals surface area (Å²) in [6.07, 6.45) is -4.64. The van der Waals surface area contributed by atoms with Crippen molar-refractivity contribution in [2.24, 2.45) is 0 Å². The van der Waals surface area contributed by atoms with Crippen LogP contribution >= 0.6 is 0 Å². The van der Waals surface area contributed by atoms with Crippen molar-refractivity contribution in [3.05, 3.63) is 34.4 Å². The third-order valence-electron chi connectivity index (χ3n) is 5.30. The molecule has 2 saturated heterocycles. The molecule has 2 aliphatic heterocycles. The van der Waals surface area contributed by atoms with Crippen molar-refractivity contribution in [2.75, 3.05) is 11.9 Å². The van der Waals surface area contributed by atoms with Crippen LogP contribution in [0.1, 0.15) is 20.8 Å². The lowest BCUT2D eigenvalue weighted by molar-refractivity contribution is -0.384. The molecule has 2 heterocycles. The van der Waals surface area contributed by atoms with Gasteiger partial charge in [-0.15, -0.1) is 0 Å². The molecule has 2 fully saturated rings. The summed E-state index contributed by atoms with van der Waals surface area (Å²) in [6, 6.07) is 3.47. The largest absolute Gasteiger partial charge is 0.388 e. The summed E-state index contributed by atoms with van der Waals surface area (Å²) in [7, 11) is 0. The number of amides is 3. The van der Waals surface area contributed by atoms with Crippen LogP contribution in [0.2, 0.25) is 0 Å². The van der Waals surface area contributed by atoms with Gasteiger partial charge < -0.3 is 35.3 Å². The zero-order valence-corrected chi connectivity index (χ0v) is 18.2. The molecule has 33 heavy (non-hydrogen) atoms. The van der Waals surface area contributed by atoms with Gasteiger partial charge in [0.2, 0.25) is 17.7 Å². The van der Waals surface area contributed by atoms with Gasteiger partial charge in [-0.05, 0) is 26.0 Å². The Morgan fingerprint density at radius 3 is 2.48 bits per heavy atom. The molecule has 2 aliphatic rings. The van der Waals surface area contributed by atoms with E-state index in [0.29, 0.717) is 5.69 Å². The zero-order chi connectivity index (χ0) is 24.3. The quantitative estimate of drug-likeness (QED) is 0.288. The maximum atomic E-state index is 12.6. The Kier molecular flexibility index (Phi) is 7.58. The molecule has 3 rings (SSSR count). The van der Waals surface area contributed by atoms with Gasteiger partial charge in [-0.1, -0.05) is 0 Å². The van der Waals surface area contributed by atoms with E-state index in [9.17, 15) is 29.6 Å².